The van der Waals surface area contributed by atoms with E-state index in [2.05, 4.69) is 15.0 Å². The van der Waals surface area contributed by atoms with Crippen molar-refractivity contribution >= 4 is 32.8 Å². The van der Waals surface area contributed by atoms with Crippen LogP contribution in [0.2, 0.25) is 0 Å². The number of benzene rings is 1. The summed E-state index contributed by atoms with van der Waals surface area (Å²) in [6, 6.07) is 10.5. The molecule has 1 aromatic carbocycles. The van der Waals surface area contributed by atoms with Crippen molar-refractivity contribution in [2.45, 2.75) is 14.8 Å². The molecular weight excluding hydrogens is 306 g/mol. The lowest BCUT2D eigenvalue weighted by Gasteiger charge is -2.03. The Morgan fingerprint density at radius 1 is 0.952 bits per heavy atom. The Bertz CT molecular complexity index is 893. The molecule has 2 aromatic heterocycles. The highest BCUT2D eigenvalue weighted by Crippen LogP contribution is 2.27. The zero-order valence-electron chi connectivity index (χ0n) is 11.1. The van der Waals surface area contributed by atoms with Crippen LogP contribution in [0.25, 0.3) is 11.2 Å². The molecular formula is C14H11N3O2S2. The van der Waals surface area contributed by atoms with Crippen molar-refractivity contribution in [3.63, 3.8) is 0 Å². The van der Waals surface area contributed by atoms with Gasteiger partial charge in [-0.2, -0.15) is 0 Å². The second-order valence-electron chi connectivity index (χ2n) is 4.39. The van der Waals surface area contributed by atoms with Gasteiger partial charge < -0.3 is 0 Å². The first kappa shape index (κ1) is 14.0. The van der Waals surface area contributed by atoms with Crippen LogP contribution in [0.3, 0.4) is 0 Å². The van der Waals surface area contributed by atoms with Crippen LogP contribution in [0.15, 0.2) is 63.6 Å². The predicted molar refractivity (Wildman–Crippen MR) is 81.0 cm³/mol. The van der Waals surface area contributed by atoms with Crippen LogP contribution in [0.4, 0.5) is 0 Å². The Kier molecular flexibility index (Phi) is 3.60. The summed E-state index contributed by atoms with van der Waals surface area (Å²) in [5, 5.41) is 0.787. The van der Waals surface area contributed by atoms with Crippen molar-refractivity contribution in [2.24, 2.45) is 0 Å². The number of nitrogens with zero attached hydrogens (tertiary/aromatic N) is 3. The van der Waals surface area contributed by atoms with E-state index < -0.39 is 9.84 Å². The monoisotopic (exact) mass is 317 g/mol. The number of fused-ring (bicyclic) bond motifs is 1. The third-order valence-corrected chi connectivity index (χ3v) is 4.85. The molecule has 7 heteroatoms. The fourth-order valence-corrected chi connectivity index (χ4v) is 3.18. The third-order valence-electron chi connectivity index (χ3n) is 2.78. The van der Waals surface area contributed by atoms with Gasteiger partial charge in [-0.15, -0.1) is 0 Å². The molecule has 0 N–H and O–H groups in total. The quantitative estimate of drug-likeness (QED) is 0.739. The maximum absolute atomic E-state index is 11.4. The molecule has 0 spiro atoms. The Hall–Kier alpha value is -1.99. The Morgan fingerprint density at radius 2 is 1.67 bits per heavy atom. The number of sulfone groups is 1. The van der Waals surface area contributed by atoms with Crippen molar-refractivity contribution in [3.8, 4) is 0 Å². The van der Waals surface area contributed by atoms with Gasteiger partial charge in [-0.05, 0) is 36.4 Å². The standard InChI is InChI=1S/C14H11N3O2S2/c1-21(18,19)11-4-2-10(3-5-11)20-13-7-6-12-14(17-13)16-9-8-15-12/h2-9H,1H3. The smallest absolute Gasteiger partial charge is 0.179 e. The third kappa shape index (κ3) is 3.20. The van der Waals surface area contributed by atoms with E-state index in [9.17, 15) is 8.42 Å². The summed E-state index contributed by atoms with van der Waals surface area (Å²) in [6.45, 7) is 0. The van der Waals surface area contributed by atoms with Crippen molar-refractivity contribution in [2.75, 3.05) is 6.26 Å². The van der Waals surface area contributed by atoms with Gasteiger partial charge in [0.2, 0.25) is 0 Å². The number of hydrogen-bond donors (Lipinski definition) is 0. The summed E-state index contributed by atoms with van der Waals surface area (Å²) in [5.41, 5.74) is 1.34. The van der Waals surface area contributed by atoms with Gasteiger partial charge in [0, 0.05) is 23.5 Å². The van der Waals surface area contributed by atoms with Crippen LogP contribution in [0, 0.1) is 0 Å². The van der Waals surface area contributed by atoms with Gasteiger partial charge in [0.25, 0.3) is 0 Å². The van der Waals surface area contributed by atoms with Crippen LogP contribution < -0.4 is 0 Å². The average molecular weight is 317 g/mol. The van der Waals surface area contributed by atoms with Crippen molar-refractivity contribution in [1.82, 2.24) is 15.0 Å². The van der Waals surface area contributed by atoms with Gasteiger partial charge in [0.05, 0.1) is 4.90 Å². The number of aromatic nitrogens is 3. The molecule has 106 valence electrons. The number of rotatable bonds is 3. The maximum atomic E-state index is 11.4. The Labute approximate surface area is 126 Å². The molecule has 0 radical (unpaired) electrons. The van der Waals surface area contributed by atoms with E-state index in [1.807, 2.05) is 12.1 Å². The summed E-state index contributed by atoms with van der Waals surface area (Å²) >= 11 is 1.45. The zero-order valence-corrected chi connectivity index (χ0v) is 12.7. The first-order chi connectivity index (χ1) is 10.0. The summed E-state index contributed by atoms with van der Waals surface area (Å²) in [5.74, 6) is 0. The highest BCUT2D eigenvalue weighted by molar-refractivity contribution is 7.99. The molecule has 0 bridgehead atoms. The van der Waals surface area contributed by atoms with Crippen LogP contribution in [0.5, 0.6) is 0 Å². The van der Waals surface area contributed by atoms with Gasteiger partial charge in [-0.25, -0.2) is 18.4 Å². The molecule has 0 fully saturated rings. The molecule has 0 atom stereocenters. The van der Waals surface area contributed by atoms with Crippen LogP contribution in [0.1, 0.15) is 0 Å². The van der Waals surface area contributed by atoms with E-state index in [0.29, 0.717) is 10.5 Å². The van der Waals surface area contributed by atoms with Gasteiger partial charge in [0.15, 0.2) is 15.5 Å². The topological polar surface area (TPSA) is 72.8 Å². The lowest BCUT2D eigenvalue weighted by atomic mass is 10.4. The molecule has 21 heavy (non-hydrogen) atoms. The van der Waals surface area contributed by atoms with Crippen molar-refractivity contribution in [3.05, 3.63) is 48.8 Å². The average Bonchev–Trinajstić information content (AvgIpc) is 2.47. The van der Waals surface area contributed by atoms with Gasteiger partial charge in [-0.1, -0.05) is 11.8 Å². The molecule has 3 aromatic rings. The van der Waals surface area contributed by atoms with E-state index in [0.717, 1.165) is 15.4 Å². The summed E-state index contributed by atoms with van der Waals surface area (Å²) in [6.07, 6.45) is 4.42. The van der Waals surface area contributed by atoms with Crippen LogP contribution in [-0.2, 0) is 9.84 Å². The number of pyridine rings is 1. The second kappa shape index (κ2) is 5.42. The minimum atomic E-state index is -3.16. The molecule has 0 unspecified atom stereocenters. The van der Waals surface area contributed by atoms with E-state index in [1.54, 1.807) is 36.7 Å². The van der Waals surface area contributed by atoms with E-state index in [4.69, 9.17) is 0 Å². The van der Waals surface area contributed by atoms with Gasteiger partial charge >= 0.3 is 0 Å². The molecule has 0 aliphatic heterocycles. The molecule has 2 heterocycles. The van der Waals surface area contributed by atoms with Crippen molar-refractivity contribution in [1.29, 1.82) is 0 Å². The first-order valence-electron chi connectivity index (χ1n) is 6.08. The molecule has 0 aliphatic carbocycles. The Balaban J connectivity index is 1.88. The first-order valence-corrected chi connectivity index (χ1v) is 8.79. The zero-order chi connectivity index (χ0) is 14.9. The highest BCUT2D eigenvalue weighted by atomic mass is 32.2. The number of hydrogen-bond acceptors (Lipinski definition) is 6. The van der Waals surface area contributed by atoms with Crippen LogP contribution in [-0.4, -0.2) is 29.6 Å². The molecule has 0 saturated carbocycles. The molecule has 0 saturated heterocycles. The largest absolute Gasteiger partial charge is 0.251 e. The minimum Gasteiger partial charge on any atom is -0.251 e. The maximum Gasteiger partial charge on any atom is 0.179 e. The predicted octanol–water partition coefficient (Wildman–Crippen LogP) is 2.58. The normalized spacial score (nSPS) is 11.7. The summed E-state index contributed by atoms with van der Waals surface area (Å²) in [4.78, 5) is 14.0. The molecule has 3 rings (SSSR count). The fraction of sp³-hybridized carbons (Fsp3) is 0.0714. The molecule has 0 amide bonds. The highest BCUT2D eigenvalue weighted by Gasteiger charge is 2.07. The van der Waals surface area contributed by atoms with Crippen LogP contribution >= 0.6 is 11.8 Å². The minimum absolute atomic E-state index is 0.309. The Morgan fingerprint density at radius 3 is 2.38 bits per heavy atom. The van der Waals surface area contributed by atoms with E-state index in [1.165, 1.54) is 18.0 Å². The van der Waals surface area contributed by atoms with Gasteiger partial charge in [0.1, 0.15) is 10.5 Å². The SMILES string of the molecule is CS(=O)(=O)c1ccc(Sc2ccc3nccnc3n2)cc1. The summed E-state index contributed by atoms with van der Waals surface area (Å²) < 4.78 is 22.8. The van der Waals surface area contributed by atoms with Gasteiger partial charge in [-0.3, -0.25) is 4.98 Å². The molecule has 0 aliphatic rings. The fourth-order valence-electron chi connectivity index (χ4n) is 1.77. The molecule has 5 nitrogen and oxygen atoms in total. The van der Waals surface area contributed by atoms with Crippen molar-refractivity contribution < 1.29 is 8.42 Å². The lowest BCUT2D eigenvalue weighted by Crippen LogP contribution is -1.96. The summed E-state index contributed by atoms with van der Waals surface area (Å²) in [7, 11) is -3.16. The lowest BCUT2D eigenvalue weighted by molar-refractivity contribution is 0.602. The van der Waals surface area contributed by atoms with E-state index in [-0.39, 0.29) is 0 Å². The van der Waals surface area contributed by atoms with E-state index >= 15 is 0 Å². The second-order valence-corrected chi connectivity index (χ2v) is 7.50.